The lowest BCUT2D eigenvalue weighted by Crippen LogP contribution is -2.43. The molecule has 0 radical (unpaired) electrons. The topological polar surface area (TPSA) is 86.3 Å². The molecule has 0 amide bonds. The fourth-order valence-corrected chi connectivity index (χ4v) is 5.02. The molecule has 0 unspecified atom stereocenters. The second-order valence-electron chi connectivity index (χ2n) is 7.28. The number of ether oxygens (including phenoxy) is 4. The third-order valence-corrected chi connectivity index (χ3v) is 6.79. The lowest BCUT2D eigenvalue weighted by atomic mass is 10.0. The lowest BCUT2D eigenvalue weighted by Gasteiger charge is -2.35. The maximum atomic E-state index is 13.1. The minimum Gasteiger partial charge on any atom is -0.495 e. The second-order valence-corrected chi connectivity index (χ2v) is 9.02. The summed E-state index contributed by atoms with van der Waals surface area (Å²) in [6.07, 6.45) is 0. The van der Waals surface area contributed by atoms with Crippen LogP contribution >= 0.6 is 0 Å². The van der Waals surface area contributed by atoms with Crippen molar-refractivity contribution in [3.8, 4) is 17.2 Å². The van der Waals surface area contributed by atoms with Crippen molar-refractivity contribution in [1.29, 1.82) is 0 Å². The number of benzene rings is 2. The van der Waals surface area contributed by atoms with E-state index in [2.05, 4.69) is 9.62 Å². The van der Waals surface area contributed by atoms with E-state index in [-0.39, 0.29) is 24.3 Å². The predicted molar refractivity (Wildman–Crippen MR) is 111 cm³/mol. The Morgan fingerprint density at radius 3 is 2.63 bits per heavy atom. The van der Waals surface area contributed by atoms with Gasteiger partial charge in [0.25, 0.3) is 0 Å². The molecule has 0 aromatic heterocycles. The first-order valence-electron chi connectivity index (χ1n) is 9.83. The van der Waals surface area contributed by atoms with Crippen molar-refractivity contribution in [2.45, 2.75) is 17.9 Å². The van der Waals surface area contributed by atoms with E-state index in [1.807, 2.05) is 31.2 Å². The van der Waals surface area contributed by atoms with E-state index in [0.717, 1.165) is 11.1 Å². The van der Waals surface area contributed by atoms with E-state index < -0.39 is 10.0 Å². The van der Waals surface area contributed by atoms with Crippen molar-refractivity contribution < 1.29 is 27.4 Å². The molecule has 30 heavy (non-hydrogen) atoms. The Bertz CT molecular complexity index is 1000. The first-order chi connectivity index (χ1) is 14.5. The summed E-state index contributed by atoms with van der Waals surface area (Å²) in [6.45, 7) is 4.91. The third kappa shape index (κ3) is 4.39. The van der Waals surface area contributed by atoms with Gasteiger partial charge in [0.15, 0.2) is 11.5 Å². The number of fused-ring (bicyclic) bond motifs is 1. The SMILES string of the molecule is COc1ccc(C)cc1S(=O)(=O)NC[C@@H](c1ccc2c(c1)OCO2)N1CCOCC1. The first kappa shape index (κ1) is 20.9. The highest BCUT2D eigenvalue weighted by Crippen LogP contribution is 2.36. The zero-order valence-corrected chi connectivity index (χ0v) is 17.9. The summed E-state index contributed by atoms with van der Waals surface area (Å²) in [5, 5.41) is 0. The minimum atomic E-state index is -3.77. The summed E-state index contributed by atoms with van der Waals surface area (Å²) in [6, 6.07) is 10.7. The van der Waals surface area contributed by atoms with E-state index in [0.29, 0.717) is 43.6 Å². The average Bonchev–Trinajstić information content (AvgIpc) is 3.22. The molecule has 1 atom stereocenters. The lowest BCUT2D eigenvalue weighted by molar-refractivity contribution is 0.0171. The Kier molecular flexibility index (Phi) is 6.14. The third-order valence-electron chi connectivity index (χ3n) is 5.34. The fraction of sp³-hybridized carbons (Fsp3) is 0.429. The monoisotopic (exact) mass is 434 g/mol. The highest BCUT2D eigenvalue weighted by atomic mass is 32.2. The molecule has 2 aliphatic rings. The number of rotatable bonds is 7. The maximum Gasteiger partial charge on any atom is 0.244 e. The van der Waals surface area contributed by atoms with Gasteiger partial charge in [-0.15, -0.1) is 0 Å². The zero-order valence-electron chi connectivity index (χ0n) is 17.1. The van der Waals surface area contributed by atoms with Crippen molar-refractivity contribution in [3.05, 3.63) is 47.5 Å². The van der Waals surface area contributed by atoms with Crippen molar-refractivity contribution in [2.75, 3.05) is 46.8 Å². The van der Waals surface area contributed by atoms with Gasteiger partial charge in [0.1, 0.15) is 10.6 Å². The summed E-state index contributed by atoms with van der Waals surface area (Å²) in [4.78, 5) is 2.35. The predicted octanol–water partition coefficient (Wildman–Crippen LogP) is 2.08. The van der Waals surface area contributed by atoms with Gasteiger partial charge in [-0.1, -0.05) is 12.1 Å². The van der Waals surface area contributed by atoms with Gasteiger partial charge >= 0.3 is 0 Å². The molecule has 0 bridgehead atoms. The molecule has 2 aromatic rings. The summed E-state index contributed by atoms with van der Waals surface area (Å²) in [5.41, 5.74) is 1.80. The summed E-state index contributed by atoms with van der Waals surface area (Å²) < 4.78 is 50.6. The number of methoxy groups -OCH3 is 1. The van der Waals surface area contributed by atoms with Gasteiger partial charge in [-0.2, -0.15) is 0 Å². The standard InChI is InChI=1S/C21H26N2O6S/c1-15-3-5-19(26-2)21(11-15)30(24,25)22-13-17(23-7-9-27-10-8-23)16-4-6-18-20(12-16)29-14-28-18/h3-6,11-12,17,22H,7-10,13-14H2,1-2H3/t17-/m0/s1. The molecule has 0 saturated carbocycles. The average molecular weight is 435 g/mol. The number of morpholine rings is 1. The van der Waals surface area contributed by atoms with Crippen LogP contribution in [-0.2, 0) is 14.8 Å². The van der Waals surface area contributed by atoms with Crippen molar-refractivity contribution in [3.63, 3.8) is 0 Å². The Morgan fingerprint density at radius 2 is 1.87 bits per heavy atom. The largest absolute Gasteiger partial charge is 0.495 e. The minimum absolute atomic E-state index is 0.136. The van der Waals surface area contributed by atoms with Crippen molar-refractivity contribution >= 4 is 10.0 Å². The van der Waals surface area contributed by atoms with E-state index in [1.54, 1.807) is 12.1 Å². The Balaban J connectivity index is 1.60. The number of hydrogen-bond donors (Lipinski definition) is 1. The van der Waals surface area contributed by atoms with Crippen molar-refractivity contribution in [2.24, 2.45) is 0 Å². The number of hydrogen-bond acceptors (Lipinski definition) is 7. The van der Waals surface area contributed by atoms with Crippen LogP contribution < -0.4 is 18.9 Å². The quantitative estimate of drug-likeness (QED) is 0.714. The Labute approximate surface area is 176 Å². The van der Waals surface area contributed by atoms with E-state index in [9.17, 15) is 8.42 Å². The summed E-state index contributed by atoms with van der Waals surface area (Å²) >= 11 is 0. The molecule has 9 heteroatoms. The second kappa shape index (κ2) is 8.81. The van der Waals surface area contributed by atoms with Crippen LogP contribution in [-0.4, -0.2) is 60.1 Å². The van der Waals surface area contributed by atoms with Crippen LogP contribution in [0.1, 0.15) is 17.2 Å². The van der Waals surface area contributed by atoms with Gasteiger partial charge in [-0.05, 0) is 42.3 Å². The zero-order chi connectivity index (χ0) is 21.1. The van der Waals surface area contributed by atoms with Crippen LogP contribution in [0.4, 0.5) is 0 Å². The molecule has 2 aliphatic heterocycles. The smallest absolute Gasteiger partial charge is 0.244 e. The van der Waals surface area contributed by atoms with E-state index >= 15 is 0 Å². The van der Waals surface area contributed by atoms with Gasteiger partial charge in [-0.25, -0.2) is 13.1 Å². The first-order valence-corrected chi connectivity index (χ1v) is 11.3. The fourth-order valence-electron chi connectivity index (χ4n) is 3.73. The summed E-state index contributed by atoms with van der Waals surface area (Å²) in [7, 11) is -2.30. The van der Waals surface area contributed by atoms with Crippen LogP contribution in [0.25, 0.3) is 0 Å². The molecule has 8 nitrogen and oxygen atoms in total. The van der Waals surface area contributed by atoms with Crippen molar-refractivity contribution in [1.82, 2.24) is 9.62 Å². The molecule has 2 aromatic carbocycles. The van der Waals surface area contributed by atoms with Crippen LogP contribution in [0.15, 0.2) is 41.3 Å². The molecule has 4 rings (SSSR count). The van der Waals surface area contributed by atoms with Gasteiger partial charge in [0, 0.05) is 25.7 Å². The van der Waals surface area contributed by atoms with Gasteiger partial charge in [0.2, 0.25) is 16.8 Å². The van der Waals surface area contributed by atoms with Crippen LogP contribution in [0.2, 0.25) is 0 Å². The number of sulfonamides is 1. The normalized spacial score (nSPS) is 17.7. The maximum absolute atomic E-state index is 13.1. The molecule has 1 N–H and O–H groups in total. The number of aryl methyl sites for hydroxylation is 1. The summed E-state index contributed by atoms with van der Waals surface area (Å²) in [5.74, 6) is 1.69. The van der Waals surface area contributed by atoms with Gasteiger partial charge < -0.3 is 18.9 Å². The highest BCUT2D eigenvalue weighted by molar-refractivity contribution is 7.89. The van der Waals surface area contributed by atoms with E-state index in [4.69, 9.17) is 18.9 Å². The molecular weight excluding hydrogens is 408 g/mol. The van der Waals surface area contributed by atoms with Crippen LogP contribution in [0.3, 0.4) is 0 Å². The van der Waals surface area contributed by atoms with Crippen LogP contribution in [0.5, 0.6) is 17.2 Å². The molecular formula is C21H26N2O6S. The van der Waals surface area contributed by atoms with Crippen LogP contribution in [0, 0.1) is 6.92 Å². The van der Waals surface area contributed by atoms with Gasteiger partial charge in [0.05, 0.1) is 20.3 Å². The molecule has 2 heterocycles. The number of nitrogens with zero attached hydrogens (tertiary/aromatic N) is 1. The number of nitrogens with one attached hydrogen (secondary N) is 1. The molecule has 0 spiro atoms. The van der Waals surface area contributed by atoms with E-state index in [1.165, 1.54) is 7.11 Å². The molecule has 0 aliphatic carbocycles. The molecule has 1 fully saturated rings. The Hall–Kier alpha value is -2.33. The molecule has 162 valence electrons. The Morgan fingerprint density at radius 1 is 1.10 bits per heavy atom. The highest BCUT2D eigenvalue weighted by Gasteiger charge is 2.28. The van der Waals surface area contributed by atoms with Gasteiger partial charge in [-0.3, -0.25) is 4.90 Å². The molecule has 1 saturated heterocycles.